The van der Waals surface area contributed by atoms with Gasteiger partial charge in [-0.3, -0.25) is 10.1 Å². The Labute approximate surface area is 125 Å². The van der Waals surface area contributed by atoms with Crippen LogP contribution in [-0.2, 0) is 4.79 Å². The minimum Gasteiger partial charge on any atom is -0.351 e. The van der Waals surface area contributed by atoms with E-state index in [1.807, 2.05) is 6.92 Å². The third kappa shape index (κ3) is 4.88. The number of rotatable bonds is 4. The van der Waals surface area contributed by atoms with Gasteiger partial charge in [-0.2, -0.15) is 0 Å². The highest BCUT2D eigenvalue weighted by Gasteiger charge is 2.42. The summed E-state index contributed by atoms with van der Waals surface area (Å²) in [5.41, 5.74) is 0. The third-order valence-electron chi connectivity index (χ3n) is 4.29. The van der Waals surface area contributed by atoms with Crippen molar-refractivity contribution in [1.82, 2.24) is 15.5 Å². The molecule has 2 heterocycles. The van der Waals surface area contributed by atoms with Gasteiger partial charge in [-0.15, -0.1) is 0 Å². The number of hydrogen-bond donors (Lipinski definition) is 2. The van der Waals surface area contributed by atoms with Crippen LogP contribution in [-0.4, -0.2) is 55.0 Å². The molecule has 2 fully saturated rings. The van der Waals surface area contributed by atoms with Crippen molar-refractivity contribution in [2.24, 2.45) is 11.8 Å². The van der Waals surface area contributed by atoms with Crippen LogP contribution < -0.4 is 10.6 Å². The quantitative estimate of drug-likeness (QED) is 0.826. The molecule has 0 spiro atoms. The first-order chi connectivity index (χ1) is 9.75. The molecular weight excluding hydrogens is 276 g/mol. The predicted octanol–water partition coefficient (Wildman–Crippen LogP) is 1.47. The Balaban J connectivity index is 1.76. The molecule has 0 radical (unpaired) electrons. The molecule has 0 aromatic heterocycles. The lowest BCUT2D eigenvalue weighted by Gasteiger charge is -2.36. The summed E-state index contributed by atoms with van der Waals surface area (Å²) in [6.07, 6.45) is 0.849. The molecule has 0 aromatic carbocycles. The summed E-state index contributed by atoms with van der Waals surface area (Å²) in [4.78, 5) is 14.3. The van der Waals surface area contributed by atoms with E-state index in [1.54, 1.807) is 0 Å². The maximum atomic E-state index is 13.1. The molecule has 0 aliphatic carbocycles. The second-order valence-corrected chi connectivity index (χ2v) is 7.07. The second kappa shape index (κ2) is 6.57. The Hall–Kier alpha value is -0.750. The Bertz CT molecular complexity index is 368. The molecule has 2 rings (SSSR count). The number of nitrogens with zero attached hydrogens (tertiary/aromatic N) is 1. The molecule has 2 aliphatic heterocycles. The lowest BCUT2D eigenvalue weighted by Crippen LogP contribution is -2.50. The number of carbonyl (C=O) groups excluding carboxylic acids is 1. The molecule has 4 atom stereocenters. The van der Waals surface area contributed by atoms with Gasteiger partial charge >= 0.3 is 0 Å². The van der Waals surface area contributed by atoms with Crippen LogP contribution in [0.2, 0.25) is 0 Å². The van der Waals surface area contributed by atoms with Crippen LogP contribution in [0.25, 0.3) is 0 Å². The molecule has 2 aliphatic rings. The average Bonchev–Trinajstić information content (AvgIpc) is 2.68. The number of amides is 1. The highest BCUT2D eigenvalue weighted by Crippen LogP contribution is 2.25. The summed E-state index contributed by atoms with van der Waals surface area (Å²) in [6, 6.07) is -0.785. The minimum atomic E-state index is -2.76. The molecule has 6 heteroatoms. The molecule has 2 N–H and O–H groups in total. The number of halogens is 2. The fourth-order valence-corrected chi connectivity index (χ4v) is 3.62. The van der Waals surface area contributed by atoms with Crippen LogP contribution in [0.15, 0.2) is 0 Å². The smallest absolute Gasteiger partial charge is 0.262 e. The fourth-order valence-electron chi connectivity index (χ4n) is 3.62. The van der Waals surface area contributed by atoms with E-state index in [0.717, 1.165) is 19.6 Å². The highest BCUT2D eigenvalue weighted by molar-refractivity contribution is 5.82. The Kier molecular flexibility index (Phi) is 5.20. The van der Waals surface area contributed by atoms with Crippen LogP contribution in [0.1, 0.15) is 33.6 Å². The average molecular weight is 303 g/mol. The van der Waals surface area contributed by atoms with Gasteiger partial charge in [-0.05, 0) is 25.2 Å². The molecule has 1 amide bonds. The van der Waals surface area contributed by atoms with E-state index < -0.39 is 24.9 Å². The number of carbonyl (C=O) groups is 1. The maximum absolute atomic E-state index is 13.1. The van der Waals surface area contributed by atoms with Crippen LogP contribution in [0.3, 0.4) is 0 Å². The van der Waals surface area contributed by atoms with Gasteiger partial charge in [0.05, 0.1) is 12.6 Å². The third-order valence-corrected chi connectivity index (χ3v) is 4.29. The molecule has 2 saturated heterocycles. The first-order valence-corrected chi connectivity index (χ1v) is 7.89. The molecule has 4 nitrogen and oxygen atoms in total. The van der Waals surface area contributed by atoms with Crippen LogP contribution in [0.4, 0.5) is 8.78 Å². The second-order valence-electron chi connectivity index (χ2n) is 7.07. The fraction of sp³-hybridized carbons (Fsp3) is 0.933. The van der Waals surface area contributed by atoms with E-state index in [0.29, 0.717) is 11.8 Å². The molecule has 21 heavy (non-hydrogen) atoms. The summed E-state index contributed by atoms with van der Waals surface area (Å²) in [6.45, 7) is 8.90. The van der Waals surface area contributed by atoms with Crippen molar-refractivity contribution in [3.63, 3.8) is 0 Å². The predicted molar refractivity (Wildman–Crippen MR) is 78.3 cm³/mol. The normalized spacial score (nSPS) is 34.6. The van der Waals surface area contributed by atoms with Gasteiger partial charge in [0.25, 0.3) is 5.92 Å². The van der Waals surface area contributed by atoms with Crippen molar-refractivity contribution in [2.45, 2.75) is 51.6 Å². The van der Waals surface area contributed by atoms with E-state index in [1.165, 1.54) is 6.42 Å². The lowest BCUT2D eigenvalue weighted by atomic mass is 9.92. The van der Waals surface area contributed by atoms with E-state index in [9.17, 15) is 13.6 Å². The maximum Gasteiger partial charge on any atom is 0.262 e. The number of alkyl halides is 2. The van der Waals surface area contributed by atoms with Crippen molar-refractivity contribution in [2.75, 3.05) is 26.2 Å². The number of nitrogens with one attached hydrogen (secondary N) is 2. The highest BCUT2D eigenvalue weighted by atomic mass is 19.3. The van der Waals surface area contributed by atoms with Crippen molar-refractivity contribution < 1.29 is 13.6 Å². The van der Waals surface area contributed by atoms with E-state index in [2.05, 4.69) is 29.4 Å². The lowest BCUT2D eigenvalue weighted by molar-refractivity contribution is -0.124. The van der Waals surface area contributed by atoms with Gasteiger partial charge in [0, 0.05) is 32.1 Å². The van der Waals surface area contributed by atoms with Crippen molar-refractivity contribution in [3.05, 3.63) is 0 Å². The number of likely N-dealkylation sites (tertiary alicyclic amines) is 1. The van der Waals surface area contributed by atoms with Gasteiger partial charge in [-0.25, -0.2) is 8.78 Å². The van der Waals surface area contributed by atoms with Crippen LogP contribution in [0.5, 0.6) is 0 Å². The molecule has 4 unspecified atom stereocenters. The van der Waals surface area contributed by atoms with E-state index in [4.69, 9.17) is 0 Å². The molecule has 0 aromatic rings. The summed E-state index contributed by atoms with van der Waals surface area (Å²) in [5.74, 6) is -1.72. The van der Waals surface area contributed by atoms with Crippen LogP contribution in [0, 0.1) is 11.8 Å². The largest absolute Gasteiger partial charge is 0.351 e. The zero-order chi connectivity index (χ0) is 15.6. The Morgan fingerprint density at radius 1 is 1.38 bits per heavy atom. The number of piperidine rings is 1. The van der Waals surface area contributed by atoms with Gasteiger partial charge in [-0.1, -0.05) is 13.8 Å². The van der Waals surface area contributed by atoms with Crippen molar-refractivity contribution in [1.29, 1.82) is 0 Å². The standard InChI is InChI=1S/C15H27F2N3O/c1-10-4-11(2)7-20(6-10)8-12(3)19-14(21)13-5-15(16,17)9-18-13/h10-13,18H,4-9H2,1-3H3,(H,19,21). The van der Waals surface area contributed by atoms with E-state index in [-0.39, 0.29) is 11.9 Å². The Morgan fingerprint density at radius 2 is 2.00 bits per heavy atom. The topological polar surface area (TPSA) is 44.4 Å². The molecule has 0 bridgehead atoms. The molecule has 0 saturated carbocycles. The van der Waals surface area contributed by atoms with Gasteiger partial charge < -0.3 is 10.2 Å². The zero-order valence-electron chi connectivity index (χ0n) is 13.2. The van der Waals surface area contributed by atoms with E-state index >= 15 is 0 Å². The SMILES string of the molecule is CC1CC(C)CN(CC(C)NC(=O)C2CC(F)(F)CN2)C1. The molecular formula is C15H27F2N3O. The van der Waals surface area contributed by atoms with Crippen molar-refractivity contribution >= 4 is 5.91 Å². The number of hydrogen-bond acceptors (Lipinski definition) is 3. The van der Waals surface area contributed by atoms with Gasteiger partial charge in [0.15, 0.2) is 0 Å². The van der Waals surface area contributed by atoms with Gasteiger partial charge in [0.1, 0.15) is 0 Å². The van der Waals surface area contributed by atoms with Crippen LogP contribution >= 0.6 is 0 Å². The summed E-state index contributed by atoms with van der Waals surface area (Å²) < 4.78 is 26.2. The first kappa shape index (κ1) is 16.6. The van der Waals surface area contributed by atoms with Gasteiger partial charge in [0.2, 0.25) is 5.91 Å². The van der Waals surface area contributed by atoms with Crippen molar-refractivity contribution in [3.8, 4) is 0 Å². The molecule has 122 valence electrons. The summed E-state index contributed by atoms with van der Waals surface area (Å²) in [7, 11) is 0. The Morgan fingerprint density at radius 3 is 2.52 bits per heavy atom. The first-order valence-electron chi connectivity index (χ1n) is 7.89. The monoisotopic (exact) mass is 303 g/mol. The summed E-state index contributed by atoms with van der Waals surface area (Å²) in [5, 5.41) is 5.45. The minimum absolute atomic E-state index is 0.0222. The zero-order valence-corrected chi connectivity index (χ0v) is 13.2. The summed E-state index contributed by atoms with van der Waals surface area (Å²) >= 11 is 0.